The summed E-state index contributed by atoms with van der Waals surface area (Å²) < 4.78 is 16.2. The first-order valence-corrected chi connectivity index (χ1v) is 10.4. The maximum absolute atomic E-state index is 5.43. The third-order valence-electron chi connectivity index (χ3n) is 5.15. The number of ether oxygens (including phenoxy) is 2. The maximum atomic E-state index is 5.43. The fourth-order valence-electron chi connectivity index (χ4n) is 3.48. The molecule has 2 aromatic rings. The highest BCUT2D eigenvalue weighted by Gasteiger charge is 2.27. The number of benzene rings is 1. The van der Waals surface area contributed by atoms with E-state index >= 15 is 0 Å². The summed E-state index contributed by atoms with van der Waals surface area (Å²) in [4.78, 5) is 11.5. The van der Waals surface area contributed by atoms with Gasteiger partial charge in [0.2, 0.25) is 5.89 Å². The van der Waals surface area contributed by atoms with Crippen LogP contribution in [0.25, 0.3) is 0 Å². The lowest BCUT2D eigenvalue weighted by atomic mass is 9.97. The minimum absolute atomic E-state index is 0.167. The lowest BCUT2D eigenvalue weighted by Crippen LogP contribution is -2.40. The molecule has 1 N–H and O–H groups in total. The highest BCUT2D eigenvalue weighted by molar-refractivity contribution is 5.80. The number of likely N-dealkylation sites (tertiary alicyclic amines) is 1. The van der Waals surface area contributed by atoms with Crippen molar-refractivity contribution >= 4 is 5.96 Å². The van der Waals surface area contributed by atoms with Gasteiger partial charge in [0.05, 0.1) is 14.2 Å². The van der Waals surface area contributed by atoms with Gasteiger partial charge in [0.1, 0.15) is 18.0 Å². The Morgan fingerprint density at radius 3 is 2.50 bits per heavy atom. The van der Waals surface area contributed by atoms with Gasteiger partial charge in [-0.1, -0.05) is 25.9 Å². The van der Waals surface area contributed by atoms with Crippen LogP contribution in [0.3, 0.4) is 0 Å². The highest BCUT2D eigenvalue weighted by atomic mass is 16.5. The Balaban J connectivity index is 1.72. The molecule has 8 heteroatoms. The first-order valence-electron chi connectivity index (χ1n) is 10.4. The smallest absolute Gasteiger partial charge is 0.232 e. The van der Waals surface area contributed by atoms with Crippen LogP contribution >= 0.6 is 0 Å². The van der Waals surface area contributed by atoms with Crippen molar-refractivity contribution in [1.82, 2.24) is 20.4 Å². The van der Waals surface area contributed by atoms with Crippen LogP contribution in [0.1, 0.15) is 57.3 Å². The summed E-state index contributed by atoms with van der Waals surface area (Å²) in [7, 11) is 3.36. The molecule has 0 bridgehead atoms. The van der Waals surface area contributed by atoms with E-state index < -0.39 is 0 Å². The number of methoxy groups -OCH3 is 2. The second-order valence-corrected chi connectivity index (χ2v) is 8.51. The maximum Gasteiger partial charge on any atom is 0.232 e. The van der Waals surface area contributed by atoms with Crippen LogP contribution in [-0.2, 0) is 12.0 Å². The molecular weight excluding hydrogens is 382 g/mol. The first kappa shape index (κ1) is 21.9. The SMILES string of the molecule is CCNC(=NCc1noc(C(C)(C)C)n1)N1CCC(c2cc(OC)cc(OC)c2)C1. The summed E-state index contributed by atoms with van der Waals surface area (Å²) in [5.74, 6) is 4.12. The quantitative estimate of drug-likeness (QED) is 0.572. The zero-order chi connectivity index (χ0) is 21.7. The minimum atomic E-state index is -0.167. The molecule has 1 aliphatic rings. The molecule has 1 fully saturated rings. The molecule has 2 heterocycles. The van der Waals surface area contributed by atoms with Crippen molar-refractivity contribution in [2.24, 2.45) is 4.99 Å². The molecule has 164 valence electrons. The average molecular weight is 416 g/mol. The molecule has 0 amide bonds. The molecule has 0 radical (unpaired) electrons. The Morgan fingerprint density at radius 1 is 1.23 bits per heavy atom. The van der Waals surface area contributed by atoms with Crippen molar-refractivity contribution in [2.45, 2.75) is 52.0 Å². The number of aromatic nitrogens is 2. The van der Waals surface area contributed by atoms with Crippen LogP contribution in [0.5, 0.6) is 11.5 Å². The number of rotatable bonds is 6. The molecule has 1 aromatic carbocycles. The van der Waals surface area contributed by atoms with Gasteiger partial charge in [-0.3, -0.25) is 0 Å². The predicted octanol–water partition coefficient (Wildman–Crippen LogP) is 3.34. The van der Waals surface area contributed by atoms with Crippen molar-refractivity contribution in [3.63, 3.8) is 0 Å². The molecule has 1 aliphatic heterocycles. The van der Waals surface area contributed by atoms with Crippen LogP contribution < -0.4 is 14.8 Å². The molecular formula is C22H33N5O3. The predicted molar refractivity (Wildman–Crippen MR) is 116 cm³/mol. The molecule has 1 aromatic heterocycles. The third-order valence-corrected chi connectivity index (χ3v) is 5.15. The van der Waals surface area contributed by atoms with Crippen LogP contribution in [0.2, 0.25) is 0 Å². The number of hydrogen-bond acceptors (Lipinski definition) is 6. The van der Waals surface area contributed by atoms with E-state index in [2.05, 4.69) is 60.2 Å². The zero-order valence-electron chi connectivity index (χ0n) is 18.9. The summed E-state index contributed by atoms with van der Waals surface area (Å²) in [6, 6.07) is 6.08. The van der Waals surface area contributed by atoms with Gasteiger partial charge in [0, 0.05) is 37.0 Å². The van der Waals surface area contributed by atoms with Crippen molar-refractivity contribution in [3.05, 3.63) is 35.5 Å². The summed E-state index contributed by atoms with van der Waals surface area (Å²) in [5, 5.41) is 7.46. The molecule has 3 rings (SSSR count). The standard InChI is InChI=1S/C22H33N5O3/c1-7-23-21(24-13-19-25-20(30-26-19)22(2,3)4)27-9-8-15(14-27)16-10-17(28-5)12-18(11-16)29-6/h10-12,15H,7-9,13-14H2,1-6H3,(H,23,24). The number of nitrogens with zero attached hydrogens (tertiary/aromatic N) is 4. The third kappa shape index (κ3) is 5.23. The number of guanidine groups is 1. The molecule has 0 spiro atoms. The summed E-state index contributed by atoms with van der Waals surface area (Å²) in [6.07, 6.45) is 1.04. The molecule has 30 heavy (non-hydrogen) atoms. The van der Waals surface area contributed by atoms with Crippen LogP contribution in [-0.4, -0.2) is 54.9 Å². The molecule has 1 atom stereocenters. The summed E-state index contributed by atoms with van der Waals surface area (Å²) in [6.45, 7) is 11.2. The highest BCUT2D eigenvalue weighted by Crippen LogP contribution is 2.33. The van der Waals surface area contributed by atoms with Gasteiger partial charge in [-0.25, -0.2) is 4.99 Å². The number of aliphatic imine (C=N–C) groups is 1. The molecule has 8 nitrogen and oxygen atoms in total. The summed E-state index contributed by atoms with van der Waals surface area (Å²) >= 11 is 0. The normalized spacial score (nSPS) is 17.3. The van der Waals surface area contributed by atoms with Gasteiger partial charge in [0.25, 0.3) is 0 Å². The van der Waals surface area contributed by atoms with Crippen molar-refractivity contribution in [1.29, 1.82) is 0 Å². The molecule has 0 saturated carbocycles. The second kappa shape index (κ2) is 9.36. The Morgan fingerprint density at radius 2 is 1.93 bits per heavy atom. The minimum Gasteiger partial charge on any atom is -0.497 e. The number of nitrogens with one attached hydrogen (secondary N) is 1. The monoisotopic (exact) mass is 415 g/mol. The Hall–Kier alpha value is -2.77. The van der Waals surface area contributed by atoms with Gasteiger partial charge in [-0.05, 0) is 31.0 Å². The van der Waals surface area contributed by atoms with Crippen LogP contribution in [0.4, 0.5) is 0 Å². The molecule has 1 unspecified atom stereocenters. The van der Waals surface area contributed by atoms with Crippen molar-refractivity contribution in [3.8, 4) is 11.5 Å². The van der Waals surface area contributed by atoms with Crippen LogP contribution in [0.15, 0.2) is 27.7 Å². The topological polar surface area (TPSA) is 85.0 Å². The van der Waals surface area contributed by atoms with Gasteiger partial charge in [-0.15, -0.1) is 0 Å². The largest absolute Gasteiger partial charge is 0.497 e. The Labute approximate surface area is 178 Å². The van der Waals surface area contributed by atoms with E-state index in [0.717, 1.165) is 43.5 Å². The Kier molecular flexibility index (Phi) is 6.84. The van der Waals surface area contributed by atoms with Crippen molar-refractivity contribution in [2.75, 3.05) is 33.9 Å². The molecule has 0 aliphatic carbocycles. The van der Waals surface area contributed by atoms with E-state index in [1.54, 1.807) is 14.2 Å². The zero-order valence-corrected chi connectivity index (χ0v) is 18.9. The van der Waals surface area contributed by atoms with E-state index in [-0.39, 0.29) is 5.41 Å². The first-order chi connectivity index (χ1) is 14.3. The van der Waals surface area contributed by atoms with Crippen molar-refractivity contribution < 1.29 is 14.0 Å². The van der Waals surface area contributed by atoms with E-state index in [0.29, 0.717) is 24.2 Å². The van der Waals surface area contributed by atoms with E-state index in [1.807, 2.05) is 6.07 Å². The van der Waals surface area contributed by atoms with Crippen LogP contribution in [0, 0.1) is 0 Å². The number of hydrogen-bond donors (Lipinski definition) is 1. The van der Waals surface area contributed by atoms with Gasteiger partial charge >= 0.3 is 0 Å². The average Bonchev–Trinajstić information content (AvgIpc) is 3.40. The second-order valence-electron chi connectivity index (χ2n) is 8.51. The van der Waals surface area contributed by atoms with E-state index in [9.17, 15) is 0 Å². The van der Waals surface area contributed by atoms with Gasteiger partial charge in [0.15, 0.2) is 11.8 Å². The lowest BCUT2D eigenvalue weighted by molar-refractivity contribution is 0.318. The van der Waals surface area contributed by atoms with Gasteiger partial charge < -0.3 is 24.2 Å². The van der Waals surface area contributed by atoms with Gasteiger partial charge in [-0.2, -0.15) is 4.98 Å². The Bertz CT molecular complexity index is 850. The summed E-state index contributed by atoms with van der Waals surface area (Å²) in [5.41, 5.74) is 1.05. The lowest BCUT2D eigenvalue weighted by Gasteiger charge is -2.21. The molecule has 1 saturated heterocycles. The fourth-order valence-corrected chi connectivity index (χ4v) is 3.48. The van der Waals surface area contributed by atoms with E-state index in [4.69, 9.17) is 19.0 Å². The fraction of sp³-hybridized carbons (Fsp3) is 0.591. The van der Waals surface area contributed by atoms with E-state index in [1.165, 1.54) is 5.56 Å².